The van der Waals surface area contributed by atoms with Gasteiger partial charge in [0.25, 0.3) is 0 Å². The SMILES string of the molecule is [NH3+]Cc1nc2c(s1)CCCCC2. The van der Waals surface area contributed by atoms with Crippen LogP contribution in [0.2, 0.25) is 0 Å². The van der Waals surface area contributed by atoms with Gasteiger partial charge in [0.05, 0.1) is 5.69 Å². The van der Waals surface area contributed by atoms with E-state index in [4.69, 9.17) is 0 Å². The van der Waals surface area contributed by atoms with E-state index in [-0.39, 0.29) is 0 Å². The molecule has 3 N–H and O–H groups in total. The first-order chi connectivity index (χ1) is 5.90. The maximum absolute atomic E-state index is 4.59. The topological polar surface area (TPSA) is 40.5 Å². The molecule has 0 aliphatic heterocycles. The Morgan fingerprint density at radius 2 is 2.08 bits per heavy atom. The molecular formula is C9H15N2S+. The highest BCUT2D eigenvalue weighted by Crippen LogP contribution is 2.25. The van der Waals surface area contributed by atoms with E-state index in [1.807, 2.05) is 11.3 Å². The summed E-state index contributed by atoms with van der Waals surface area (Å²) in [6, 6.07) is 0. The number of fused-ring (bicyclic) bond motifs is 1. The molecule has 0 radical (unpaired) electrons. The molecule has 0 saturated heterocycles. The summed E-state index contributed by atoms with van der Waals surface area (Å²) in [6.45, 7) is 0.859. The van der Waals surface area contributed by atoms with Crippen molar-refractivity contribution in [2.45, 2.75) is 38.6 Å². The number of hydrogen-bond acceptors (Lipinski definition) is 2. The highest BCUT2D eigenvalue weighted by Gasteiger charge is 2.13. The molecule has 1 heterocycles. The maximum atomic E-state index is 4.59. The zero-order valence-corrected chi connectivity index (χ0v) is 8.12. The van der Waals surface area contributed by atoms with Crippen molar-refractivity contribution in [2.75, 3.05) is 0 Å². The Kier molecular flexibility index (Phi) is 2.42. The zero-order valence-electron chi connectivity index (χ0n) is 7.31. The highest BCUT2D eigenvalue weighted by atomic mass is 32.1. The molecule has 12 heavy (non-hydrogen) atoms. The lowest BCUT2D eigenvalue weighted by atomic mass is 10.2. The molecule has 0 bridgehead atoms. The van der Waals surface area contributed by atoms with E-state index >= 15 is 0 Å². The first-order valence-electron chi connectivity index (χ1n) is 4.67. The van der Waals surface area contributed by atoms with Crippen molar-refractivity contribution in [1.29, 1.82) is 0 Å². The van der Waals surface area contributed by atoms with Crippen molar-refractivity contribution in [2.24, 2.45) is 0 Å². The fourth-order valence-electron chi connectivity index (χ4n) is 1.69. The summed E-state index contributed by atoms with van der Waals surface area (Å²) in [6.07, 6.45) is 6.51. The predicted molar refractivity (Wildman–Crippen MR) is 50.0 cm³/mol. The lowest BCUT2D eigenvalue weighted by Crippen LogP contribution is -2.47. The summed E-state index contributed by atoms with van der Waals surface area (Å²) in [5.74, 6) is 0. The summed E-state index contributed by atoms with van der Waals surface area (Å²) in [5.41, 5.74) is 5.24. The van der Waals surface area contributed by atoms with Crippen LogP contribution in [0.15, 0.2) is 0 Å². The molecule has 0 amide bonds. The normalized spacial score (nSPS) is 17.1. The van der Waals surface area contributed by atoms with Gasteiger partial charge in [0.2, 0.25) is 0 Å². The first kappa shape index (κ1) is 8.20. The molecule has 2 nitrogen and oxygen atoms in total. The third-order valence-electron chi connectivity index (χ3n) is 2.35. The molecular weight excluding hydrogens is 168 g/mol. The van der Waals surface area contributed by atoms with Gasteiger partial charge in [-0.15, -0.1) is 11.3 Å². The Balaban J connectivity index is 2.26. The van der Waals surface area contributed by atoms with Crippen molar-refractivity contribution in [1.82, 2.24) is 4.98 Å². The molecule has 0 unspecified atom stereocenters. The third-order valence-corrected chi connectivity index (χ3v) is 3.57. The van der Waals surface area contributed by atoms with Crippen LogP contribution in [0.4, 0.5) is 0 Å². The number of nitrogens with zero attached hydrogens (tertiary/aromatic N) is 1. The molecule has 1 aromatic heterocycles. The minimum absolute atomic E-state index is 0.859. The van der Waals surface area contributed by atoms with Crippen LogP contribution in [-0.4, -0.2) is 4.98 Å². The first-order valence-corrected chi connectivity index (χ1v) is 5.48. The van der Waals surface area contributed by atoms with Crippen molar-refractivity contribution in [3.63, 3.8) is 0 Å². The van der Waals surface area contributed by atoms with Gasteiger partial charge in [-0.2, -0.15) is 0 Å². The number of aryl methyl sites for hydroxylation is 2. The van der Waals surface area contributed by atoms with E-state index in [9.17, 15) is 0 Å². The van der Waals surface area contributed by atoms with E-state index in [2.05, 4.69) is 10.7 Å². The number of hydrogen-bond donors (Lipinski definition) is 1. The van der Waals surface area contributed by atoms with Gasteiger partial charge in [0.15, 0.2) is 0 Å². The number of rotatable bonds is 1. The van der Waals surface area contributed by atoms with Gasteiger partial charge in [0.1, 0.15) is 11.6 Å². The van der Waals surface area contributed by atoms with Crippen molar-refractivity contribution < 1.29 is 5.73 Å². The Labute approximate surface area is 76.8 Å². The van der Waals surface area contributed by atoms with Crippen molar-refractivity contribution in [3.8, 4) is 0 Å². The number of quaternary nitrogens is 1. The van der Waals surface area contributed by atoms with E-state index in [1.165, 1.54) is 47.7 Å². The number of aromatic nitrogens is 1. The van der Waals surface area contributed by atoms with Gasteiger partial charge in [-0.3, -0.25) is 0 Å². The van der Waals surface area contributed by atoms with Crippen LogP contribution in [-0.2, 0) is 19.4 Å². The van der Waals surface area contributed by atoms with Crippen molar-refractivity contribution >= 4 is 11.3 Å². The summed E-state index contributed by atoms with van der Waals surface area (Å²) in [5, 5.41) is 1.22. The van der Waals surface area contributed by atoms with Gasteiger partial charge in [-0.1, -0.05) is 6.42 Å². The standard InChI is InChI=1S/C9H14N2S/c10-6-9-11-7-4-2-1-3-5-8(7)12-9/h1-6,10H2/p+1. The van der Waals surface area contributed by atoms with Gasteiger partial charge < -0.3 is 5.73 Å². The second-order valence-electron chi connectivity index (χ2n) is 3.29. The lowest BCUT2D eigenvalue weighted by molar-refractivity contribution is -0.386. The van der Waals surface area contributed by atoms with Gasteiger partial charge >= 0.3 is 0 Å². The van der Waals surface area contributed by atoms with Crippen LogP contribution in [0.25, 0.3) is 0 Å². The van der Waals surface area contributed by atoms with Crippen LogP contribution in [0.3, 0.4) is 0 Å². The average Bonchev–Trinajstić information content (AvgIpc) is 2.37. The molecule has 0 spiro atoms. The van der Waals surface area contributed by atoms with Crippen LogP contribution < -0.4 is 5.73 Å². The molecule has 66 valence electrons. The second-order valence-corrected chi connectivity index (χ2v) is 4.46. The molecule has 0 atom stereocenters. The van der Waals surface area contributed by atoms with E-state index in [0.29, 0.717) is 0 Å². The summed E-state index contributed by atoms with van der Waals surface area (Å²) in [7, 11) is 0. The average molecular weight is 183 g/mol. The highest BCUT2D eigenvalue weighted by molar-refractivity contribution is 7.11. The van der Waals surface area contributed by atoms with Crippen molar-refractivity contribution in [3.05, 3.63) is 15.6 Å². The minimum Gasteiger partial charge on any atom is -0.352 e. The monoisotopic (exact) mass is 183 g/mol. The number of thiazole rings is 1. The Hall–Kier alpha value is -0.410. The van der Waals surface area contributed by atoms with Gasteiger partial charge in [-0.05, 0) is 25.7 Å². The van der Waals surface area contributed by atoms with Gasteiger partial charge in [-0.25, -0.2) is 4.98 Å². The summed E-state index contributed by atoms with van der Waals surface area (Å²) >= 11 is 1.88. The summed E-state index contributed by atoms with van der Waals surface area (Å²) in [4.78, 5) is 6.12. The smallest absolute Gasteiger partial charge is 0.147 e. The zero-order chi connectivity index (χ0) is 8.39. The minimum atomic E-state index is 0.859. The molecule has 1 aliphatic carbocycles. The Morgan fingerprint density at radius 3 is 2.92 bits per heavy atom. The fourth-order valence-corrected chi connectivity index (χ4v) is 2.74. The lowest BCUT2D eigenvalue weighted by Gasteiger charge is -1.90. The molecule has 1 aromatic rings. The molecule has 0 aromatic carbocycles. The third kappa shape index (κ3) is 1.52. The van der Waals surface area contributed by atoms with Crippen LogP contribution in [0.1, 0.15) is 34.8 Å². The Morgan fingerprint density at radius 1 is 1.25 bits per heavy atom. The second kappa shape index (κ2) is 3.54. The van der Waals surface area contributed by atoms with E-state index in [0.717, 1.165) is 6.54 Å². The predicted octanol–water partition coefficient (Wildman–Crippen LogP) is 1.15. The summed E-state index contributed by atoms with van der Waals surface area (Å²) < 4.78 is 0. The van der Waals surface area contributed by atoms with E-state index in [1.54, 1.807) is 0 Å². The molecule has 2 rings (SSSR count). The Bertz CT molecular complexity index is 244. The van der Waals surface area contributed by atoms with Gasteiger partial charge in [0, 0.05) is 4.88 Å². The van der Waals surface area contributed by atoms with Crippen LogP contribution in [0, 0.1) is 0 Å². The largest absolute Gasteiger partial charge is 0.352 e. The molecule has 3 heteroatoms. The fraction of sp³-hybridized carbons (Fsp3) is 0.667. The quantitative estimate of drug-likeness (QED) is 0.652. The van der Waals surface area contributed by atoms with Crippen LogP contribution >= 0.6 is 11.3 Å². The van der Waals surface area contributed by atoms with E-state index < -0.39 is 0 Å². The molecule has 0 fully saturated rings. The molecule has 0 saturated carbocycles. The van der Waals surface area contributed by atoms with Crippen LogP contribution in [0.5, 0.6) is 0 Å². The maximum Gasteiger partial charge on any atom is 0.147 e. The molecule has 1 aliphatic rings.